The van der Waals surface area contributed by atoms with Gasteiger partial charge in [-0.05, 0) is 30.7 Å². The lowest BCUT2D eigenvalue weighted by Gasteiger charge is -2.07. The Morgan fingerprint density at radius 2 is 2.00 bits per heavy atom. The van der Waals surface area contributed by atoms with Gasteiger partial charge in [-0.1, -0.05) is 13.8 Å². The third kappa shape index (κ3) is 4.29. The zero-order valence-electron chi connectivity index (χ0n) is 12.4. The van der Waals surface area contributed by atoms with Crippen LogP contribution in [-0.2, 0) is 13.2 Å². The molecular formula is C16H19F2NO2. The van der Waals surface area contributed by atoms with Crippen molar-refractivity contribution < 1.29 is 17.9 Å². The van der Waals surface area contributed by atoms with Gasteiger partial charge in [0.05, 0.1) is 6.54 Å². The lowest BCUT2D eigenvalue weighted by atomic mass is 10.2. The molecule has 0 saturated heterocycles. The molecule has 1 aromatic carbocycles. The molecule has 3 nitrogen and oxygen atoms in total. The van der Waals surface area contributed by atoms with E-state index >= 15 is 0 Å². The summed E-state index contributed by atoms with van der Waals surface area (Å²) in [6, 6.07) is 5.44. The predicted molar refractivity (Wildman–Crippen MR) is 76.1 cm³/mol. The van der Waals surface area contributed by atoms with Crippen molar-refractivity contribution in [3.05, 3.63) is 53.0 Å². The van der Waals surface area contributed by atoms with Gasteiger partial charge in [0.1, 0.15) is 23.9 Å². The maximum Gasteiger partial charge on any atom is 0.167 e. The van der Waals surface area contributed by atoms with Crippen LogP contribution in [0.25, 0.3) is 0 Å². The summed E-state index contributed by atoms with van der Waals surface area (Å²) in [5, 5.41) is 3.27. The van der Waals surface area contributed by atoms with E-state index in [1.165, 1.54) is 6.07 Å². The van der Waals surface area contributed by atoms with Gasteiger partial charge in [-0.25, -0.2) is 8.78 Å². The van der Waals surface area contributed by atoms with Crippen molar-refractivity contribution in [2.24, 2.45) is 0 Å². The molecule has 0 radical (unpaired) electrons. The number of hydrogen-bond acceptors (Lipinski definition) is 3. The van der Waals surface area contributed by atoms with Crippen molar-refractivity contribution in [3.63, 3.8) is 0 Å². The monoisotopic (exact) mass is 295 g/mol. The summed E-state index contributed by atoms with van der Waals surface area (Å²) in [5.74, 6) is 0.0988. The van der Waals surface area contributed by atoms with Crippen molar-refractivity contribution in [1.82, 2.24) is 5.32 Å². The quantitative estimate of drug-likeness (QED) is 0.876. The van der Waals surface area contributed by atoms with E-state index in [0.29, 0.717) is 18.3 Å². The van der Waals surface area contributed by atoms with Crippen LogP contribution in [0.5, 0.6) is 5.75 Å². The number of rotatable bonds is 6. The maximum atomic E-state index is 13.4. The highest BCUT2D eigenvalue weighted by Gasteiger charge is 2.10. The molecule has 2 rings (SSSR count). The molecule has 0 amide bonds. The molecule has 0 aliphatic carbocycles. The second kappa shape index (κ2) is 6.72. The number of ether oxygens (including phenoxy) is 1. The molecule has 1 heterocycles. The molecule has 0 unspecified atom stereocenters. The first-order valence-corrected chi connectivity index (χ1v) is 6.85. The van der Waals surface area contributed by atoms with Crippen LogP contribution in [0.1, 0.15) is 30.9 Å². The number of halogens is 2. The number of benzene rings is 1. The largest absolute Gasteiger partial charge is 0.483 e. The third-order valence-corrected chi connectivity index (χ3v) is 3.01. The normalized spacial score (nSPS) is 11.1. The smallest absolute Gasteiger partial charge is 0.167 e. The maximum absolute atomic E-state index is 13.4. The minimum Gasteiger partial charge on any atom is -0.483 e. The molecule has 5 heteroatoms. The van der Waals surface area contributed by atoms with Crippen LogP contribution >= 0.6 is 0 Å². The Kier molecular flexibility index (Phi) is 4.96. The molecule has 0 aliphatic rings. The van der Waals surface area contributed by atoms with Crippen molar-refractivity contribution in [2.75, 3.05) is 0 Å². The first-order chi connectivity index (χ1) is 9.95. The van der Waals surface area contributed by atoms with Crippen LogP contribution in [0.15, 0.2) is 28.7 Å². The number of furan rings is 1. The van der Waals surface area contributed by atoms with Crippen LogP contribution in [0.2, 0.25) is 0 Å². The average molecular weight is 295 g/mol. The van der Waals surface area contributed by atoms with Crippen LogP contribution < -0.4 is 10.1 Å². The van der Waals surface area contributed by atoms with Gasteiger partial charge in [0, 0.05) is 12.1 Å². The van der Waals surface area contributed by atoms with E-state index in [4.69, 9.17) is 9.15 Å². The highest BCUT2D eigenvalue weighted by molar-refractivity contribution is 5.25. The number of nitrogens with one attached hydrogen (secondary N) is 1. The molecular weight excluding hydrogens is 276 g/mol. The second-order valence-corrected chi connectivity index (χ2v) is 5.22. The molecule has 0 spiro atoms. The Labute approximate surface area is 122 Å². The first kappa shape index (κ1) is 15.5. The first-order valence-electron chi connectivity index (χ1n) is 6.85. The summed E-state index contributed by atoms with van der Waals surface area (Å²) in [6.07, 6.45) is 0. The van der Waals surface area contributed by atoms with Gasteiger partial charge in [0.25, 0.3) is 0 Å². The van der Waals surface area contributed by atoms with Gasteiger partial charge < -0.3 is 14.5 Å². The van der Waals surface area contributed by atoms with E-state index < -0.39 is 11.6 Å². The molecule has 0 aliphatic heterocycles. The summed E-state index contributed by atoms with van der Waals surface area (Å²) >= 11 is 0. The lowest BCUT2D eigenvalue weighted by Crippen LogP contribution is -2.21. The topological polar surface area (TPSA) is 34.4 Å². The van der Waals surface area contributed by atoms with Crippen molar-refractivity contribution >= 4 is 0 Å². The standard InChI is InChI=1S/C16H19F2NO2/c1-10(2)19-8-16-11(3)6-13(21-16)9-20-15-5-4-12(17)7-14(15)18/h4-7,10,19H,8-9H2,1-3H3. The number of hydrogen-bond donors (Lipinski definition) is 1. The van der Waals surface area contributed by atoms with Gasteiger partial charge in [-0.15, -0.1) is 0 Å². The van der Waals surface area contributed by atoms with E-state index in [-0.39, 0.29) is 12.4 Å². The lowest BCUT2D eigenvalue weighted by molar-refractivity contribution is 0.253. The van der Waals surface area contributed by atoms with Gasteiger partial charge in [0.15, 0.2) is 11.6 Å². The van der Waals surface area contributed by atoms with Gasteiger partial charge >= 0.3 is 0 Å². The van der Waals surface area contributed by atoms with Crippen LogP contribution in [0.4, 0.5) is 8.78 Å². The Morgan fingerprint density at radius 1 is 1.24 bits per heavy atom. The van der Waals surface area contributed by atoms with E-state index in [1.807, 2.05) is 13.0 Å². The fourth-order valence-electron chi connectivity index (χ4n) is 1.87. The zero-order valence-corrected chi connectivity index (χ0v) is 12.4. The van der Waals surface area contributed by atoms with E-state index in [0.717, 1.165) is 23.5 Å². The van der Waals surface area contributed by atoms with Gasteiger partial charge in [-0.2, -0.15) is 0 Å². The van der Waals surface area contributed by atoms with Crippen LogP contribution in [-0.4, -0.2) is 6.04 Å². The van der Waals surface area contributed by atoms with Crippen molar-refractivity contribution in [1.29, 1.82) is 0 Å². The fourth-order valence-corrected chi connectivity index (χ4v) is 1.87. The van der Waals surface area contributed by atoms with Crippen molar-refractivity contribution in [2.45, 2.75) is 40.0 Å². The van der Waals surface area contributed by atoms with E-state index in [2.05, 4.69) is 19.2 Å². The van der Waals surface area contributed by atoms with Crippen LogP contribution in [0, 0.1) is 18.6 Å². The molecule has 2 aromatic rings. The summed E-state index contributed by atoms with van der Waals surface area (Å²) in [7, 11) is 0. The molecule has 21 heavy (non-hydrogen) atoms. The summed E-state index contributed by atoms with van der Waals surface area (Å²) in [6.45, 7) is 6.79. The van der Waals surface area contributed by atoms with E-state index in [9.17, 15) is 8.78 Å². The highest BCUT2D eigenvalue weighted by atomic mass is 19.1. The Balaban J connectivity index is 1.98. The van der Waals surface area contributed by atoms with Crippen molar-refractivity contribution in [3.8, 4) is 5.75 Å². The average Bonchev–Trinajstić information content (AvgIpc) is 2.76. The minimum atomic E-state index is -0.722. The molecule has 1 aromatic heterocycles. The van der Waals surface area contributed by atoms with Crippen LogP contribution in [0.3, 0.4) is 0 Å². The third-order valence-electron chi connectivity index (χ3n) is 3.01. The molecule has 0 bridgehead atoms. The van der Waals surface area contributed by atoms with E-state index in [1.54, 1.807) is 0 Å². The Hall–Kier alpha value is -1.88. The summed E-state index contributed by atoms with van der Waals surface area (Å²) < 4.78 is 37.2. The minimum absolute atomic E-state index is 0.00677. The molecule has 1 N–H and O–H groups in total. The fraction of sp³-hybridized carbons (Fsp3) is 0.375. The SMILES string of the molecule is Cc1cc(COc2ccc(F)cc2F)oc1CNC(C)C. The molecule has 0 saturated carbocycles. The van der Waals surface area contributed by atoms with Gasteiger partial charge in [-0.3, -0.25) is 0 Å². The Bertz CT molecular complexity index is 608. The molecule has 114 valence electrons. The predicted octanol–water partition coefficient (Wildman–Crippen LogP) is 3.94. The second-order valence-electron chi connectivity index (χ2n) is 5.22. The molecule has 0 fully saturated rings. The summed E-state index contributed by atoms with van der Waals surface area (Å²) in [5.41, 5.74) is 1.02. The zero-order chi connectivity index (χ0) is 15.4. The number of aryl methyl sites for hydroxylation is 1. The van der Waals surface area contributed by atoms with Gasteiger partial charge in [0.2, 0.25) is 0 Å². The summed E-state index contributed by atoms with van der Waals surface area (Å²) in [4.78, 5) is 0. The highest BCUT2D eigenvalue weighted by Crippen LogP contribution is 2.21. The Morgan fingerprint density at radius 3 is 2.67 bits per heavy atom. The molecule has 0 atom stereocenters.